The number of carbonyl (C=O) groups is 2. The van der Waals surface area contributed by atoms with E-state index in [9.17, 15) is 0 Å². The molecule has 36 heavy (non-hydrogen) atoms. The van der Waals surface area contributed by atoms with E-state index < -0.39 is 11.9 Å². The normalized spacial score (nSPS) is 7.67. The smallest absolute Gasteiger partial charge is 0.543 e. The van der Waals surface area contributed by atoms with Crippen molar-refractivity contribution in [2.75, 3.05) is 0 Å². The molecule has 4 aromatic heterocycles. The third-order valence-electron chi connectivity index (χ3n) is 3.35. The number of aliphatic carboxylic acids is 2. The minimum absolute atomic E-state index is 0. The summed E-state index contributed by atoms with van der Waals surface area (Å²) in [7, 11) is 0. The van der Waals surface area contributed by atoms with Gasteiger partial charge in [-0.2, -0.15) is 0 Å². The monoisotopic (exact) mass is 548 g/mol. The molecule has 0 fully saturated rings. The Kier molecular flexibility index (Phi) is 28.0. The Morgan fingerprint density at radius 2 is 0.639 bits per heavy atom. The Balaban J connectivity index is -0.000000129. The van der Waals surface area contributed by atoms with Gasteiger partial charge in [-0.15, -0.1) is 0 Å². The first kappa shape index (κ1) is 42.0. The van der Waals surface area contributed by atoms with Crippen LogP contribution in [-0.4, -0.2) is 59.3 Å². The number of nitrogens with zero attached hydrogens (tertiary/aromatic N) is 4. The Morgan fingerprint density at radius 1 is 0.444 bits per heavy atom. The summed E-state index contributed by atoms with van der Waals surface area (Å²) in [5, 5.41) is 17.9. The summed E-state index contributed by atoms with van der Waals surface area (Å²) in [6.07, 6.45) is 7.07. The van der Waals surface area contributed by atoms with Crippen LogP contribution in [0.5, 0.6) is 0 Å². The summed E-state index contributed by atoms with van der Waals surface area (Å²) in [6.45, 7) is 0. The van der Waals surface area contributed by atoms with Crippen molar-refractivity contribution in [3.8, 4) is 22.8 Å². The van der Waals surface area contributed by atoms with E-state index in [4.69, 9.17) is 19.8 Å². The quantitative estimate of drug-likeness (QED) is 0.179. The maximum Gasteiger partial charge on any atom is 2.00 e. The average molecular weight is 549 g/mol. The van der Waals surface area contributed by atoms with Gasteiger partial charge >= 0.3 is 16.5 Å². The summed E-state index contributed by atoms with van der Waals surface area (Å²) in [5.74, 6) is -4.37. The van der Waals surface area contributed by atoms with Gasteiger partial charge in [0.05, 0.1) is 34.7 Å². The Bertz CT molecular complexity index is 888. The number of hydrogen-bond acceptors (Lipinski definition) is 8. The number of aromatic nitrogens is 4. The number of carbonyl (C=O) groups excluding carboxylic acids is 2. The van der Waals surface area contributed by atoms with Crippen molar-refractivity contribution in [2.45, 2.75) is 0 Å². The first-order valence-electron chi connectivity index (χ1n) is 8.65. The van der Waals surface area contributed by atoms with Crippen molar-refractivity contribution in [3.63, 3.8) is 0 Å². The third kappa shape index (κ3) is 15.6. The van der Waals surface area contributed by atoms with Crippen LogP contribution in [0.3, 0.4) is 0 Å². The van der Waals surface area contributed by atoms with Crippen LogP contribution in [0.2, 0.25) is 0 Å². The van der Waals surface area contributed by atoms with Crippen molar-refractivity contribution in [3.05, 3.63) is 97.6 Å². The second kappa shape index (κ2) is 24.0. The van der Waals surface area contributed by atoms with Crippen molar-refractivity contribution in [1.29, 1.82) is 0 Å². The molecule has 0 radical (unpaired) electrons. The van der Waals surface area contributed by atoms with Crippen LogP contribution >= 0.6 is 0 Å². The van der Waals surface area contributed by atoms with E-state index in [2.05, 4.69) is 19.9 Å². The number of pyridine rings is 4. The molecule has 0 spiro atoms. The molecule has 0 amide bonds. The second-order valence-electron chi connectivity index (χ2n) is 5.43. The van der Waals surface area contributed by atoms with Crippen molar-refractivity contribution in [2.24, 2.45) is 0 Å². The minimum Gasteiger partial charge on any atom is -0.543 e. The van der Waals surface area contributed by atoms with Gasteiger partial charge in [-0.1, -0.05) is 24.3 Å². The maximum absolute atomic E-state index is 8.93. The summed E-state index contributed by atoms with van der Waals surface area (Å²) in [4.78, 5) is 34.6. The topological polar surface area (TPSA) is 289 Å². The van der Waals surface area contributed by atoms with Crippen LogP contribution < -0.4 is 10.2 Å². The second-order valence-corrected chi connectivity index (χ2v) is 5.43. The average Bonchev–Trinajstić information content (AvgIpc) is 2.82. The van der Waals surface area contributed by atoms with E-state index in [-0.39, 0.29) is 43.9 Å². The first-order chi connectivity index (χ1) is 14.6. The molecule has 10 N–H and O–H groups in total. The van der Waals surface area contributed by atoms with Gasteiger partial charge in [0.1, 0.15) is 0 Å². The molecule has 4 heterocycles. The molecule has 0 atom stereocenters. The molecule has 14 heteroatoms. The van der Waals surface area contributed by atoms with E-state index >= 15 is 0 Å². The van der Waals surface area contributed by atoms with Crippen molar-refractivity contribution < 1.29 is 63.7 Å². The number of hydrogen-bond donors (Lipinski definition) is 0. The van der Waals surface area contributed by atoms with E-state index in [1.165, 1.54) is 0 Å². The van der Waals surface area contributed by atoms with Gasteiger partial charge in [-0.25, -0.2) is 0 Å². The molecule has 4 aromatic rings. The fourth-order valence-corrected chi connectivity index (χ4v) is 2.06. The van der Waals surface area contributed by atoms with Gasteiger partial charge in [0, 0.05) is 24.8 Å². The van der Waals surface area contributed by atoms with Crippen LogP contribution in [0.4, 0.5) is 0 Å². The maximum atomic E-state index is 8.93. The zero-order chi connectivity index (χ0) is 21.6. The van der Waals surface area contributed by atoms with E-state index in [1.54, 1.807) is 24.8 Å². The van der Waals surface area contributed by atoms with E-state index in [0.29, 0.717) is 0 Å². The van der Waals surface area contributed by atoms with Gasteiger partial charge in [-0.05, 0) is 48.5 Å². The molecule has 198 valence electrons. The van der Waals surface area contributed by atoms with Gasteiger partial charge in [0.15, 0.2) is 0 Å². The molecule has 0 saturated heterocycles. The van der Waals surface area contributed by atoms with Crippen LogP contribution in [0.25, 0.3) is 22.8 Å². The molecule has 0 saturated carbocycles. The third-order valence-corrected chi connectivity index (χ3v) is 3.35. The Labute approximate surface area is 216 Å². The van der Waals surface area contributed by atoms with Crippen molar-refractivity contribution in [1.82, 2.24) is 19.9 Å². The molecule has 0 bridgehead atoms. The summed E-state index contributed by atoms with van der Waals surface area (Å²) in [5.41, 5.74) is 3.66. The molecule has 4 rings (SSSR count). The molecule has 0 aliphatic heterocycles. The Hall–Kier alpha value is -4.17. The largest absolute Gasteiger partial charge is 2.00 e. The zero-order valence-corrected chi connectivity index (χ0v) is 19.5. The van der Waals surface area contributed by atoms with Crippen LogP contribution in [0, 0.1) is 0 Å². The van der Waals surface area contributed by atoms with E-state index in [1.807, 2.05) is 72.8 Å². The summed E-state index contributed by atoms with van der Waals surface area (Å²) < 4.78 is 0. The molecule has 0 aliphatic carbocycles. The van der Waals surface area contributed by atoms with Crippen LogP contribution in [-0.2, 0) is 26.1 Å². The molecule has 0 aliphatic rings. The van der Waals surface area contributed by atoms with Crippen molar-refractivity contribution >= 4 is 11.9 Å². The number of carboxylic acid groups (broad SMARTS) is 2. The van der Waals surface area contributed by atoms with Crippen LogP contribution in [0.1, 0.15) is 0 Å². The molecular weight excluding hydrogens is 523 g/mol. The SMILES string of the molecule is O.O.O.O.O.O=C([O-])C(=O)[O-].[Ni+2].c1ccc(-c2ccccn2)nc1.c1ccc(-c2ccccn2)nc1. The minimum atomic E-state index is -2.19. The van der Waals surface area contributed by atoms with Gasteiger partial charge in [-0.3, -0.25) is 19.9 Å². The summed E-state index contributed by atoms with van der Waals surface area (Å²) in [6, 6.07) is 23.2. The van der Waals surface area contributed by atoms with E-state index in [0.717, 1.165) is 22.8 Å². The zero-order valence-electron chi connectivity index (χ0n) is 18.5. The van der Waals surface area contributed by atoms with Gasteiger partial charge in [0.2, 0.25) is 0 Å². The standard InChI is InChI=1S/2C10H8N2.C2H2O4.Ni.5H2O/c2*1-3-7-11-9(5-1)10-6-2-4-8-12-10;3-1(4)2(5)6;;;;;;/h2*1-8H;(H,3,4)(H,5,6);;5*1H2/q;;;+2;;;;;/p-2. The van der Waals surface area contributed by atoms with Crippen LogP contribution in [0.15, 0.2) is 97.6 Å². The molecule has 0 aromatic carbocycles. The fourth-order valence-electron chi connectivity index (χ4n) is 2.06. The van der Waals surface area contributed by atoms with Gasteiger partial charge < -0.3 is 47.2 Å². The number of carboxylic acids is 2. The predicted octanol–water partition coefficient (Wildman–Crippen LogP) is -3.35. The molecule has 0 unspecified atom stereocenters. The molecular formula is C22H26N4NiO9. The molecule has 13 nitrogen and oxygen atoms in total. The predicted molar refractivity (Wildman–Crippen MR) is 123 cm³/mol. The fraction of sp³-hybridized carbons (Fsp3) is 0. The Morgan fingerprint density at radius 3 is 0.750 bits per heavy atom. The first-order valence-corrected chi connectivity index (χ1v) is 8.65. The summed E-state index contributed by atoms with van der Waals surface area (Å²) >= 11 is 0. The van der Waals surface area contributed by atoms with Gasteiger partial charge in [0.25, 0.3) is 0 Å². The number of rotatable bonds is 2.